The summed E-state index contributed by atoms with van der Waals surface area (Å²) in [5, 5.41) is 0.764. The van der Waals surface area contributed by atoms with Crippen molar-refractivity contribution in [3.05, 3.63) is 35.9 Å². The molecule has 0 amide bonds. The van der Waals surface area contributed by atoms with Gasteiger partial charge in [0.25, 0.3) is 0 Å². The molecule has 2 nitrogen and oxygen atoms in total. The Balaban J connectivity index is 2.34. The number of halogens is 2. The van der Waals surface area contributed by atoms with E-state index in [-0.39, 0.29) is 5.82 Å². The minimum absolute atomic E-state index is 0.254. The molecule has 1 aromatic heterocycles. The van der Waals surface area contributed by atoms with Gasteiger partial charge >= 0.3 is 0 Å². The summed E-state index contributed by atoms with van der Waals surface area (Å²) in [7, 11) is 0. The number of hydrogen-bond acceptors (Lipinski definition) is 3. The van der Waals surface area contributed by atoms with Crippen LogP contribution < -0.4 is 0 Å². The molecule has 0 unspecified atom stereocenters. The van der Waals surface area contributed by atoms with Crippen LogP contribution in [0, 0.1) is 5.82 Å². The fourth-order valence-corrected chi connectivity index (χ4v) is 1.89. The molecule has 5 heteroatoms. The van der Waals surface area contributed by atoms with E-state index in [1.165, 1.54) is 23.7 Å². The van der Waals surface area contributed by atoms with Gasteiger partial charge < -0.3 is 0 Å². The molecular weight excluding hydrogens is 223 g/mol. The standard InChI is InChI=1S/C9H6ClFN2S/c10-5-8-12-9(14-13-8)6-1-3-7(11)4-2-6/h1-4H,5H2. The first-order chi connectivity index (χ1) is 6.79. The molecule has 0 spiro atoms. The highest BCUT2D eigenvalue weighted by atomic mass is 35.5. The topological polar surface area (TPSA) is 25.8 Å². The summed E-state index contributed by atoms with van der Waals surface area (Å²) >= 11 is 6.84. The summed E-state index contributed by atoms with van der Waals surface area (Å²) in [6.45, 7) is 0. The lowest BCUT2D eigenvalue weighted by molar-refractivity contribution is 0.628. The van der Waals surface area contributed by atoms with Crippen LogP contribution in [0.3, 0.4) is 0 Å². The lowest BCUT2D eigenvalue weighted by Crippen LogP contribution is -1.81. The molecule has 72 valence electrons. The van der Waals surface area contributed by atoms with Gasteiger partial charge in [-0.15, -0.1) is 11.6 Å². The molecule has 0 saturated carbocycles. The lowest BCUT2D eigenvalue weighted by atomic mass is 10.2. The highest BCUT2D eigenvalue weighted by Gasteiger charge is 2.05. The molecule has 0 aliphatic heterocycles. The zero-order valence-corrected chi connectivity index (χ0v) is 8.65. The summed E-state index contributed by atoms with van der Waals surface area (Å²) < 4.78 is 16.7. The molecule has 0 fully saturated rings. The first-order valence-electron chi connectivity index (χ1n) is 3.94. The average Bonchev–Trinajstić information content (AvgIpc) is 2.67. The molecule has 0 saturated heterocycles. The third-order valence-corrected chi connectivity index (χ3v) is 2.72. The molecule has 1 heterocycles. The van der Waals surface area contributed by atoms with Crippen LogP contribution >= 0.6 is 23.1 Å². The number of benzene rings is 1. The maximum absolute atomic E-state index is 12.6. The van der Waals surface area contributed by atoms with E-state index in [1.54, 1.807) is 12.1 Å². The zero-order chi connectivity index (χ0) is 9.97. The molecule has 0 aliphatic rings. The van der Waals surface area contributed by atoms with Crippen LogP contribution in [0.15, 0.2) is 24.3 Å². The van der Waals surface area contributed by atoms with Crippen molar-refractivity contribution in [1.29, 1.82) is 0 Å². The SMILES string of the molecule is Fc1ccc(-c2nc(CCl)ns2)cc1. The van der Waals surface area contributed by atoms with Gasteiger partial charge in [-0.2, -0.15) is 4.37 Å². The minimum atomic E-state index is -0.254. The van der Waals surface area contributed by atoms with Crippen LogP contribution in [0.4, 0.5) is 4.39 Å². The van der Waals surface area contributed by atoms with E-state index in [1.807, 2.05) is 0 Å². The van der Waals surface area contributed by atoms with Crippen LogP contribution in [0.5, 0.6) is 0 Å². The van der Waals surface area contributed by atoms with Crippen molar-refractivity contribution in [2.45, 2.75) is 5.88 Å². The van der Waals surface area contributed by atoms with Gasteiger partial charge in [0.1, 0.15) is 10.8 Å². The summed E-state index contributed by atoms with van der Waals surface area (Å²) in [4.78, 5) is 4.18. The van der Waals surface area contributed by atoms with Gasteiger partial charge in [0, 0.05) is 5.56 Å². The Kier molecular flexibility index (Phi) is 2.74. The van der Waals surface area contributed by atoms with Gasteiger partial charge in [0.15, 0.2) is 5.82 Å². The van der Waals surface area contributed by atoms with Crippen LogP contribution in [-0.4, -0.2) is 9.36 Å². The molecule has 14 heavy (non-hydrogen) atoms. The Morgan fingerprint density at radius 2 is 2.00 bits per heavy atom. The van der Waals surface area contributed by atoms with Gasteiger partial charge in [-0.3, -0.25) is 0 Å². The second kappa shape index (κ2) is 4.02. The monoisotopic (exact) mass is 228 g/mol. The summed E-state index contributed by atoms with van der Waals surface area (Å²) in [5.41, 5.74) is 0.861. The van der Waals surface area contributed by atoms with Crippen molar-refractivity contribution in [3.8, 4) is 10.6 Å². The molecular formula is C9H6ClFN2S. The van der Waals surface area contributed by atoms with E-state index in [9.17, 15) is 4.39 Å². The lowest BCUT2D eigenvalue weighted by Gasteiger charge is -1.93. The highest BCUT2D eigenvalue weighted by Crippen LogP contribution is 2.21. The summed E-state index contributed by atoms with van der Waals surface area (Å²) in [6, 6.07) is 6.15. The van der Waals surface area contributed by atoms with Crippen molar-refractivity contribution in [2.75, 3.05) is 0 Å². The maximum atomic E-state index is 12.6. The predicted molar refractivity (Wildman–Crippen MR) is 54.9 cm³/mol. The Labute approximate surface area is 89.5 Å². The Morgan fingerprint density at radius 3 is 2.57 bits per heavy atom. The third kappa shape index (κ3) is 1.91. The van der Waals surface area contributed by atoms with E-state index in [0.29, 0.717) is 11.7 Å². The maximum Gasteiger partial charge on any atom is 0.157 e. The molecule has 0 N–H and O–H groups in total. The van der Waals surface area contributed by atoms with Gasteiger partial charge in [-0.1, -0.05) is 0 Å². The second-order valence-electron chi connectivity index (χ2n) is 2.66. The molecule has 0 atom stereocenters. The van der Waals surface area contributed by atoms with Crippen LogP contribution in [0.2, 0.25) is 0 Å². The second-order valence-corrected chi connectivity index (χ2v) is 3.68. The van der Waals surface area contributed by atoms with Crippen molar-refractivity contribution in [2.24, 2.45) is 0 Å². The van der Waals surface area contributed by atoms with E-state index >= 15 is 0 Å². The van der Waals surface area contributed by atoms with Gasteiger partial charge in [-0.25, -0.2) is 9.37 Å². The van der Waals surface area contributed by atoms with E-state index in [0.717, 1.165) is 10.6 Å². The number of rotatable bonds is 2. The first kappa shape index (κ1) is 9.55. The summed E-state index contributed by atoms with van der Waals surface area (Å²) in [6.07, 6.45) is 0. The van der Waals surface area contributed by atoms with Gasteiger partial charge in [-0.05, 0) is 35.8 Å². The largest absolute Gasteiger partial charge is 0.218 e. The van der Waals surface area contributed by atoms with Crippen LogP contribution in [0.1, 0.15) is 5.82 Å². The number of hydrogen-bond donors (Lipinski definition) is 0. The molecule has 0 radical (unpaired) electrons. The Morgan fingerprint density at radius 1 is 1.29 bits per heavy atom. The average molecular weight is 229 g/mol. The van der Waals surface area contributed by atoms with Crippen LogP contribution in [-0.2, 0) is 5.88 Å². The Bertz CT molecular complexity index is 427. The Hall–Kier alpha value is -1.00. The summed E-state index contributed by atoms with van der Waals surface area (Å²) in [5.74, 6) is 0.657. The van der Waals surface area contributed by atoms with Crippen molar-refractivity contribution < 1.29 is 4.39 Å². The molecule has 2 rings (SSSR count). The highest BCUT2D eigenvalue weighted by molar-refractivity contribution is 7.09. The molecule has 0 bridgehead atoms. The van der Waals surface area contributed by atoms with Gasteiger partial charge in [0.05, 0.1) is 5.88 Å². The fraction of sp³-hybridized carbons (Fsp3) is 0.111. The van der Waals surface area contributed by atoms with Crippen molar-refractivity contribution in [1.82, 2.24) is 9.36 Å². The first-order valence-corrected chi connectivity index (χ1v) is 5.25. The number of aromatic nitrogens is 2. The van der Waals surface area contributed by atoms with E-state index < -0.39 is 0 Å². The molecule has 0 aliphatic carbocycles. The number of alkyl halides is 1. The normalized spacial score (nSPS) is 10.4. The van der Waals surface area contributed by atoms with Crippen molar-refractivity contribution in [3.63, 3.8) is 0 Å². The van der Waals surface area contributed by atoms with E-state index in [2.05, 4.69) is 9.36 Å². The van der Waals surface area contributed by atoms with E-state index in [4.69, 9.17) is 11.6 Å². The van der Waals surface area contributed by atoms with Crippen LogP contribution in [0.25, 0.3) is 10.6 Å². The number of nitrogens with zero attached hydrogens (tertiary/aromatic N) is 2. The third-order valence-electron chi connectivity index (χ3n) is 1.68. The minimum Gasteiger partial charge on any atom is -0.218 e. The fourth-order valence-electron chi connectivity index (χ4n) is 1.02. The molecule has 1 aromatic carbocycles. The predicted octanol–water partition coefficient (Wildman–Crippen LogP) is 3.08. The quantitative estimate of drug-likeness (QED) is 0.739. The van der Waals surface area contributed by atoms with Gasteiger partial charge in [0.2, 0.25) is 0 Å². The molecule has 2 aromatic rings. The zero-order valence-electron chi connectivity index (χ0n) is 7.08. The van der Waals surface area contributed by atoms with Crippen molar-refractivity contribution >= 4 is 23.1 Å². The smallest absolute Gasteiger partial charge is 0.157 e.